The molecule has 3 N–H and O–H groups in total. The summed E-state index contributed by atoms with van der Waals surface area (Å²) in [6.45, 7) is 3.90. The topological polar surface area (TPSA) is 131 Å². The molecular formula is C16H23N2O7P. The van der Waals surface area contributed by atoms with Crippen molar-refractivity contribution >= 4 is 7.14 Å². The van der Waals surface area contributed by atoms with Gasteiger partial charge in [-0.25, -0.2) is 4.79 Å². The van der Waals surface area contributed by atoms with Crippen molar-refractivity contribution in [2.24, 2.45) is 5.92 Å². The molecule has 2 fully saturated rings. The van der Waals surface area contributed by atoms with Crippen LogP contribution in [0.5, 0.6) is 0 Å². The van der Waals surface area contributed by atoms with E-state index in [1.54, 1.807) is 13.0 Å². The second kappa shape index (κ2) is 6.90. The Kier molecular flexibility index (Phi) is 5.11. The van der Waals surface area contributed by atoms with E-state index >= 15 is 0 Å². The summed E-state index contributed by atoms with van der Waals surface area (Å²) in [5, 5.41) is 18.4. The molecule has 3 heterocycles. The summed E-state index contributed by atoms with van der Waals surface area (Å²) in [6, 6.07) is -0.403. The molecule has 10 heteroatoms. The summed E-state index contributed by atoms with van der Waals surface area (Å²) in [4.78, 5) is 26.0. The highest BCUT2D eigenvalue weighted by atomic mass is 31.2. The first-order chi connectivity index (χ1) is 12.2. The van der Waals surface area contributed by atoms with E-state index in [-0.39, 0.29) is 25.2 Å². The Balaban J connectivity index is 1.89. The van der Waals surface area contributed by atoms with Crippen molar-refractivity contribution in [3.05, 3.63) is 44.5 Å². The van der Waals surface area contributed by atoms with Crippen LogP contribution in [0.3, 0.4) is 0 Å². The van der Waals surface area contributed by atoms with Crippen molar-refractivity contribution in [1.29, 1.82) is 0 Å². The molecule has 0 saturated carbocycles. The zero-order chi connectivity index (χ0) is 19.1. The van der Waals surface area contributed by atoms with Gasteiger partial charge in [0.2, 0.25) is 0 Å². The van der Waals surface area contributed by atoms with E-state index < -0.39 is 42.7 Å². The van der Waals surface area contributed by atoms with E-state index in [1.165, 1.54) is 16.6 Å². The highest BCUT2D eigenvalue weighted by molar-refractivity contribution is 7.66. The van der Waals surface area contributed by atoms with Gasteiger partial charge in [-0.05, 0) is 18.8 Å². The maximum absolute atomic E-state index is 12.2. The molecule has 2 bridgehead atoms. The third kappa shape index (κ3) is 3.14. The number of aromatic amines is 1. The molecule has 3 rings (SSSR count). The van der Waals surface area contributed by atoms with Crippen LogP contribution in [0.15, 0.2) is 27.7 Å². The van der Waals surface area contributed by atoms with Crippen LogP contribution in [-0.4, -0.2) is 57.4 Å². The first-order valence-corrected chi connectivity index (χ1v) is 10.5. The van der Waals surface area contributed by atoms with Crippen LogP contribution >= 0.6 is 7.14 Å². The number of fused-ring (bicyclic) bond motifs is 2. The zero-order valence-electron chi connectivity index (χ0n) is 14.6. The number of hydrogen-bond donors (Lipinski definition) is 3. The van der Waals surface area contributed by atoms with Gasteiger partial charge < -0.3 is 24.3 Å². The maximum Gasteiger partial charge on any atom is 0.328 e. The number of aryl methyl sites for hydroxylation is 1. The molecule has 144 valence electrons. The number of nitrogens with zero attached hydrogens (tertiary/aromatic N) is 1. The number of hydrogen-bond acceptors (Lipinski definition) is 7. The normalized spacial score (nSPS) is 31.6. The number of H-pyrrole nitrogens is 1. The average molecular weight is 386 g/mol. The third-order valence-corrected chi connectivity index (χ3v) is 6.93. The average Bonchev–Trinajstić information content (AvgIpc) is 2.82. The van der Waals surface area contributed by atoms with Crippen molar-refractivity contribution in [3.8, 4) is 0 Å². The molecule has 9 nitrogen and oxygen atoms in total. The summed E-state index contributed by atoms with van der Waals surface area (Å²) >= 11 is 0. The first kappa shape index (κ1) is 19.3. The highest BCUT2D eigenvalue weighted by Gasteiger charge is 2.54. The van der Waals surface area contributed by atoms with Gasteiger partial charge in [0.05, 0.1) is 25.4 Å². The van der Waals surface area contributed by atoms with Crippen molar-refractivity contribution in [3.63, 3.8) is 0 Å². The van der Waals surface area contributed by atoms with Gasteiger partial charge in [0.15, 0.2) is 7.14 Å². The van der Waals surface area contributed by atoms with E-state index in [4.69, 9.17) is 9.47 Å². The van der Waals surface area contributed by atoms with Crippen LogP contribution < -0.4 is 11.2 Å². The molecule has 2 aliphatic heterocycles. The van der Waals surface area contributed by atoms with Crippen LogP contribution in [-0.2, 0) is 14.0 Å². The lowest BCUT2D eigenvalue weighted by Gasteiger charge is -2.39. The molecule has 0 radical (unpaired) electrons. The Morgan fingerprint density at radius 3 is 2.77 bits per heavy atom. The molecule has 1 aromatic heterocycles. The summed E-state index contributed by atoms with van der Waals surface area (Å²) < 4.78 is 25.5. The zero-order valence-corrected chi connectivity index (χ0v) is 15.5. The molecular weight excluding hydrogens is 363 g/mol. The van der Waals surface area contributed by atoms with Gasteiger partial charge in [0.25, 0.3) is 5.56 Å². The number of aromatic nitrogens is 2. The number of nitrogens with one attached hydrogen (secondary N) is 1. The second-order valence-electron chi connectivity index (χ2n) is 6.93. The second-order valence-corrected chi connectivity index (χ2v) is 9.70. The largest absolute Gasteiger partial charge is 0.388 e. The predicted molar refractivity (Wildman–Crippen MR) is 93.6 cm³/mol. The summed E-state index contributed by atoms with van der Waals surface area (Å²) in [5.41, 5.74) is -1.37. The van der Waals surface area contributed by atoms with Gasteiger partial charge in [0.1, 0.15) is 18.3 Å². The number of aliphatic hydroxyl groups excluding tert-OH is 2. The van der Waals surface area contributed by atoms with Crippen molar-refractivity contribution in [2.75, 3.05) is 25.9 Å². The summed E-state index contributed by atoms with van der Waals surface area (Å²) in [5.74, 6) is 1.16. The van der Waals surface area contributed by atoms with Gasteiger partial charge in [0, 0.05) is 17.7 Å². The van der Waals surface area contributed by atoms with Crippen molar-refractivity contribution in [2.45, 2.75) is 31.6 Å². The Labute approximate surface area is 149 Å². The molecule has 0 unspecified atom stereocenters. The van der Waals surface area contributed by atoms with E-state index in [0.717, 1.165) is 0 Å². The third-order valence-electron chi connectivity index (χ3n) is 5.28. The van der Waals surface area contributed by atoms with Gasteiger partial charge in [-0.2, -0.15) is 0 Å². The number of ether oxygens (including phenoxy) is 2. The van der Waals surface area contributed by atoms with E-state index in [2.05, 4.69) is 4.98 Å². The molecule has 0 aromatic carbocycles. The molecule has 0 amide bonds. The van der Waals surface area contributed by atoms with Crippen LogP contribution in [0.25, 0.3) is 0 Å². The Hall–Kier alpha value is -1.51. The van der Waals surface area contributed by atoms with Crippen LogP contribution in [0.1, 0.15) is 18.5 Å². The molecule has 0 aliphatic carbocycles. The lowest BCUT2D eigenvalue weighted by atomic mass is 9.82. The molecule has 4 atom stereocenters. The molecule has 26 heavy (non-hydrogen) atoms. The Morgan fingerprint density at radius 1 is 1.42 bits per heavy atom. The Morgan fingerprint density at radius 2 is 2.12 bits per heavy atom. The Bertz CT molecular complexity index is 868. The van der Waals surface area contributed by atoms with Crippen LogP contribution in [0, 0.1) is 12.8 Å². The van der Waals surface area contributed by atoms with E-state index in [1.807, 2.05) is 6.92 Å². The quantitative estimate of drug-likeness (QED) is 0.606. The fourth-order valence-corrected chi connectivity index (χ4v) is 4.26. The summed E-state index contributed by atoms with van der Waals surface area (Å²) in [7, 11) is -3.20. The van der Waals surface area contributed by atoms with Crippen molar-refractivity contribution < 1.29 is 24.3 Å². The van der Waals surface area contributed by atoms with Crippen molar-refractivity contribution in [1.82, 2.24) is 9.55 Å². The van der Waals surface area contributed by atoms with Crippen LogP contribution in [0.4, 0.5) is 0 Å². The lowest BCUT2D eigenvalue weighted by Crippen LogP contribution is -2.50. The van der Waals surface area contributed by atoms with Gasteiger partial charge in [-0.1, -0.05) is 6.92 Å². The predicted octanol–water partition coefficient (Wildman–Crippen LogP) is -0.0336. The monoisotopic (exact) mass is 386 g/mol. The molecule has 2 aliphatic rings. The van der Waals surface area contributed by atoms with Crippen LogP contribution in [0.2, 0.25) is 0 Å². The molecule has 0 spiro atoms. The number of aliphatic hydroxyl groups is 2. The molecule has 1 aromatic rings. The maximum atomic E-state index is 12.2. The van der Waals surface area contributed by atoms with E-state index in [9.17, 15) is 24.4 Å². The standard InChI is InChI=1S/C16H23N2O7P/c1-10-5-18(15(22)17-14(10)21)12-6-25-16(7-24-13(12)11(16)2)3-4-26(23,8-19)9-20/h3-5,11-13,19-20H,6-9H2,1-2H3,(H,17,21,22)/b4-3+/t11-,12+,13+,16-/m0/s1. The fraction of sp³-hybridized carbons (Fsp3) is 0.625. The minimum Gasteiger partial charge on any atom is -0.388 e. The molecule has 2 saturated heterocycles. The minimum absolute atomic E-state index is 0.164. The first-order valence-electron chi connectivity index (χ1n) is 8.33. The SMILES string of the molecule is Cc1cn([C@@H]2CO[C@@]3(/C=C/P(=O)(CO)CO)CO[C@@H]2[C@@H]3C)c(=O)[nH]c1=O. The van der Waals surface area contributed by atoms with Gasteiger partial charge in [-0.15, -0.1) is 0 Å². The van der Waals surface area contributed by atoms with E-state index in [0.29, 0.717) is 5.56 Å². The van der Waals surface area contributed by atoms with Gasteiger partial charge >= 0.3 is 5.69 Å². The minimum atomic E-state index is -3.20. The smallest absolute Gasteiger partial charge is 0.328 e. The highest BCUT2D eigenvalue weighted by Crippen LogP contribution is 2.49. The fourth-order valence-electron chi connectivity index (χ4n) is 3.45. The lowest BCUT2D eigenvalue weighted by molar-refractivity contribution is -0.0783. The van der Waals surface area contributed by atoms with Gasteiger partial charge in [-0.3, -0.25) is 14.3 Å². The number of rotatable bonds is 5. The summed E-state index contributed by atoms with van der Waals surface area (Å²) in [6.07, 6.45) is 1.52.